The Bertz CT molecular complexity index is 448. The molecule has 128 valence electrons. The normalized spacial score (nSPS) is 24.1. The van der Waals surface area contributed by atoms with Crippen molar-refractivity contribution in [3.05, 3.63) is 35.8 Å². The Morgan fingerprint density at radius 2 is 1.39 bits per heavy atom. The first-order valence-corrected chi connectivity index (χ1v) is 9.67. The van der Waals surface area contributed by atoms with Crippen LogP contribution in [0.5, 0.6) is 0 Å². The van der Waals surface area contributed by atoms with Gasteiger partial charge < -0.3 is 9.47 Å². The molecule has 0 N–H and O–H groups in total. The zero-order valence-corrected chi connectivity index (χ0v) is 14.5. The van der Waals surface area contributed by atoms with Crippen molar-refractivity contribution in [1.82, 2.24) is 0 Å². The molecule has 0 radical (unpaired) electrons. The fourth-order valence-corrected chi connectivity index (χ4v) is 3.99. The molecule has 0 spiro atoms. The van der Waals surface area contributed by atoms with Crippen molar-refractivity contribution >= 4 is 0 Å². The van der Waals surface area contributed by atoms with E-state index in [4.69, 9.17) is 9.47 Å². The van der Waals surface area contributed by atoms with Gasteiger partial charge in [-0.25, -0.2) is 0 Å². The van der Waals surface area contributed by atoms with E-state index in [-0.39, 0.29) is 0 Å². The van der Waals surface area contributed by atoms with Gasteiger partial charge in [0.15, 0.2) is 0 Å². The summed E-state index contributed by atoms with van der Waals surface area (Å²) >= 11 is 0. The van der Waals surface area contributed by atoms with E-state index in [0.717, 1.165) is 48.6 Å². The maximum atomic E-state index is 6.10. The second-order valence-electron chi connectivity index (χ2n) is 7.55. The first-order valence-electron chi connectivity index (χ1n) is 9.67. The molecule has 2 saturated carbocycles. The van der Waals surface area contributed by atoms with Gasteiger partial charge in [-0.05, 0) is 55.6 Å². The van der Waals surface area contributed by atoms with Gasteiger partial charge >= 0.3 is 0 Å². The molecule has 0 aromatic rings. The van der Waals surface area contributed by atoms with Crippen LogP contribution in [0.3, 0.4) is 0 Å². The Morgan fingerprint density at radius 3 is 2.00 bits per heavy atom. The van der Waals surface area contributed by atoms with Crippen LogP contribution in [0.25, 0.3) is 0 Å². The Labute approximate surface area is 141 Å². The lowest BCUT2D eigenvalue weighted by Crippen LogP contribution is -2.15. The van der Waals surface area contributed by atoms with Gasteiger partial charge in [-0.2, -0.15) is 0 Å². The molecule has 3 aliphatic rings. The van der Waals surface area contributed by atoms with E-state index in [9.17, 15) is 0 Å². The van der Waals surface area contributed by atoms with Crippen molar-refractivity contribution in [3.63, 3.8) is 0 Å². The van der Waals surface area contributed by atoms with Crippen molar-refractivity contribution in [2.75, 3.05) is 13.2 Å². The third kappa shape index (κ3) is 5.16. The smallest absolute Gasteiger partial charge is 0.125 e. The molecule has 3 aliphatic carbocycles. The fraction of sp³-hybridized carbons (Fsp3) is 0.714. The first-order chi connectivity index (χ1) is 11.3. The summed E-state index contributed by atoms with van der Waals surface area (Å²) in [6.45, 7) is 5.86. The van der Waals surface area contributed by atoms with Gasteiger partial charge in [-0.1, -0.05) is 45.1 Å². The SMILES string of the molecule is C=C1CC=C(OCC2CCCCC2)C=C1OCC1CCCCC1. The Kier molecular flexibility index (Phi) is 6.24. The predicted octanol–water partition coefficient (Wildman–Crippen LogP) is 5.91. The van der Waals surface area contributed by atoms with Crippen LogP contribution in [0.2, 0.25) is 0 Å². The van der Waals surface area contributed by atoms with Crippen molar-refractivity contribution in [1.29, 1.82) is 0 Å². The third-order valence-electron chi connectivity index (χ3n) is 5.58. The summed E-state index contributed by atoms with van der Waals surface area (Å²) in [5.74, 6) is 3.42. The maximum absolute atomic E-state index is 6.10. The highest BCUT2D eigenvalue weighted by atomic mass is 16.5. The summed E-state index contributed by atoms with van der Waals surface area (Å²) in [6, 6.07) is 0. The number of hydrogen-bond acceptors (Lipinski definition) is 2. The standard InChI is InChI=1S/C21H32O2/c1-17-12-13-20(22-15-18-8-4-2-5-9-18)14-21(17)23-16-19-10-6-3-7-11-19/h13-14,18-19H,1-12,15-16H2. The van der Waals surface area contributed by atoms with Crippen molar-refractivity contribution in [2.24, 2.45) is 11.8 Å². The molecular weight excluding hydrogens is 284 g/mol. The van der Waals surface area contributed by atoms with Crippen molar-refractivity contribution in [3.8, 4) is 0 Å². The second-order valence-corrected chi connectivity index (χ2v) is 7.55. The quantitative estimate of drug-likeness (QED) is 0.606. The van der Waals surface area contributed by atoms with Crippen LogP contribution >= 0.6 is 0 Å². The van der Waals surface area contributed by atoms with Gasteiger partial charge in [0.2, 0.25) is 0 Å². The lowest BCUT2D eigenvalue weighted by Gasteiger charge is -2.25. The molecule has 2 nitrogen and oxygen atoms in total. The summed E-state index contributed by atoms with van der Waals surface area (Å²) in [6.07, 6.45) is 18.6. The van der Waals surface area contributed by atoms with Gasteiger partial charge in [0, 0.05) is 6.08 Å². The summed E-state index contributed by atoms with van der Waals surface area (Å²) in [4.78, 5) is 0. The van der Waals surface area contributed by atoms with Crippen molar-refractivity contribution in [2.45, 2.75) is 70.6 Å². The van der Waals surface area contributed by atoms with E-state index in [1.54, 1.807) is 0 Å². The Hall–Kier alpha value is -1.18. The van der Waals surface area contributed by atoms with Gasteiger partial charge in [0.05, 0.1) is 13.2 Å². The van der Waals surface area contributed by atoms with Crippen LogP contribution < -0.4 is 0 Å². The molecule has 0 bridgehead atoms. The molecule has 0 atom stereocenters. The Morgan fingerprint density at radius 1 is 0.826 bits per heavy atom. The first kappa shape index (κ1) is 16.7. The average molecular weight is 316 g/mol. The molecular formula is C21H32O2. The van der Waals surface area contributed by atoms with E-state index in [1.165, 1.54) is 64.2 Å². The van der Waals surface area contributed by atoms with Crippen LogP contribution in [0, 0.1) is 11.8 Å². The van der Waals surface area contributed by atoms with Gasteiger partial charge in [-0.3, -0.25) is 0 Å². The highest BCUT2D eigenvalue weighted by molar-refractivity contribution is 5.36. The van der Waals surface area contributed by atoms with Crippen LogP contribution in [-0.2, 0) is 9.47 Å². The van der Waals surface area contributed by atoms with Crippen LogP contribution in [-0.4, -0.2) is 13.2 Å². The van der Waals surface area contributed by atoms with E-state index in [2.05, 4.69) is 18.7 Å². The van der Waals surface area contributed by atoms with Crippen LogP contribution in [0.4, 0.5) is 0 Å². The zero-order valence-electron chi connectivity index (χ0n) is 14.5. The minimum atomic E-state index is 0.731. The summed E-state index contributed by atoms with van der Waals surface area (Å²) in [5.41, 5.74) is 1.09. The van der Waals surface area contributed by atoms with Gasteiger partial charge in [-0.15, -0.1) is 0 Å². The third-order valence-corrected chi connectivity index (χ3v) is 5.58. The van der Waals surface area contributed by atoms with E-state index >= 15 is 0 Å². The highest BCUT2D eigenvalue weighted by Crippen LogP contribution is 2.29. The minimum absolute atomic E-state index is 0.731. The van der Waals surface area contributed by atoms with Gasteiger partial charge in [0.25, 0.3) is 0 Å². The van der Waals surface area contributed by atoms with E-state index in [1.807, 2.05) is 0 Å². The molecule has 3 rings (SSSR count). The summed E-state index contributed by atoms with van der Waals surface area (Å²) in [7, 11) is 0. The molecule has 23 heavy (non-hydrogen) atoms. The van der Waals surface area contributed by atoms with Gasteiger partial charge in [0.1, 0.15) is 11.5 Å². The molecule has 2 heteroatoms. The minimum Gasteiger partial charge on any atom is -0.493 e. The summed E-state index contributed by atoms with van der Waals surface area (Å²) in [5, 5.41) is 0. The van der Waals surface area contributed by atoms with Crippen LogP contribution in [0.15, 0.2) is 35.8 Å². The average Bonchev–Trinajstić information content (AvgIpc) is 2.62. The zero-order chi connectivity index (χ0) is 15.9. The fourth-order valence-electron chi connectivity index (χ4n) is 3.99. The van der Waals surface area contributed by atoms with E-state index in [0.29, 0.717) is 0 Å². The molecule has 2 fully saturated rings. The summed E-state index contributed by atoms with van der Waals surface area (Å²) < 4.78 is 12.2. The molecule has 0 aromatic heterocycles. The molecule has 0 heterocycles. The predicted molar refractivity (Wildman–Crippen MR) is 95.0 cm³/mol. The number of rotatable bonds is 6. The highest BCUT2D eigenvalue weighted by Gasteiger charge is 2.18. The molecule has 0 unspecified atom stereocenters. The monoisotopic (exact) mass is 316 g/mol. The lowest BCUT2D eigenvalue weighted by atomic mass is 9.90. The second kappa shape index (κ2) is 8.61. The molecule has 0 aromatic carbocycles. The topological polar surface area (TPSA) is 18.5 Å². The lowest BCUT2D eigenvalue weighted by molar-refractivity contribution is 0.133. The largest absolute Gasteiger partial charge is 0.493 e. The van der Waals surface area contributed by atoms with Crippen LogP contribution in [0.1, 0.15) is 70.6 Å². The Balaban J connectivity index is 1.46. The van der Waals surface area contributed by atoms with E-state index < -0.39 is 0 Å². The maximum Gasteiger partial charge on any atom is 0.125 e. The van der Waals surface area contributed by atoms with Crippen molar-refractivity contribution < 1.29 is 9.47 Å². The number of allylic oxidation sites excluding steroid dienone is 3. The number of hydrogen-bond donors (Lipinski definition) is 0. The molecule has 0 aliphatic heterocycles. The number of ether oxygens (including phenoxy) is 2. The molecule has 0 saturated heterocycles. The molecule has 0 amide bonds.